The molecule has 0 aliphatic carbocycles. The summed E-state index contributed by atoms with van der Waals surface area (Å²) in [6.45, 7) is 2.13. The van der Waals surface area contributed by atoms with Crippen LogP contribution in [0.25, 0.3) is 0 Å². The fourth-order valence-electron chi connectivity index (χ4n) is 1.59. The van der Waals surface area contributed by atoms with Gasteiger partial charge in [-0.25, -0.2) is 0 Å². The van der Waals surface area contributed by atoms with Gasteiger partial charge in [0.25, 0.3) is 0 Å². The second-order valence-corrected chi connectivity index (χ2v) is 6.21. The van der Waals surface area contributed by atoms with Gasteiger partial charge in [0.1, 0.15) is 0 Å². The summed E-state index contributed by atoms with van der Waals surface area (Å²) < 4.78 is 0. The molecule has 0 amide bonds. The van der Waals surface area contributed by atoms with E-state index in [-0.39, 0.29) is 11.0 Å². The zero-order chi connectivity index (χ0) is 10.7. The number of thioether (sulfide) groups is 2. The molecule has 0 bridgehead atoms. The van der Waals surface area contributed by atoms with Gasteiger partial charge in [-0.05, 0) is 12.1 Å². The van der Waals surface area contributed by atoms with Crippen molar-refractivity contribution >= 4 is 29.3 Å². The van der Waals surface area contributed by atoms with Gasteiger partial charge in [-0.15, -0.1) is 11.8 Å². The fraction of sp³-hybridized carbons (Fsp3) is 0.455. The largest absolute Gasteiger partial charge is 0.293 e. The van der Waals surface area contributed by atoms with Crippen LogP contribution in [0.5, 0.6) is 0 Å². The Hall–Kier alpha value is -0.480. The zero-order valence-electron chi connectivity index (χ0n) is 8.55. The highest BCUT2D eigenvalue weighted by Gasteiger charge is 2.29. The van der Waals surface area contributed by atoms with Crippen LogP contribution in [0.2, 0.25) is 0 Å². The highest BCUT2D eigenvalue weighted by Crippen LogP contribution is 2.32. The second-order valence-electron chi connectivity index (χ2n) is 3.47. The molecule has 1 aliphatic heterocycles. The van der Waals surface area contributed by atoms with Crippen LogP contribution in [0.15, 0.2) is 24.5 Å². The van der Waals surface area contributed by atoms with Gasteiger partial charge < -0.3 is 0 Å². The number of ketones is 1. The summed E-state index contributed by atoms with van der Waals surface area (Å²) in [4.78, 5) is 16.1. The molecule has 2 rings (SSSR count). The third-order valence-corrected chi connectivity index (χ3v) is 5.48. The molecule has 0 aromatic carbocycles. The van der Waals surface area contributed by atoms with Crippen molar-refractivity contribution in [2.24, 2.45) is 0 Å². The average molecular weight is 239 g/mol. The summed E-state index contributed by atoms with van der Waals surface area (Å²) in [6, 6.07) is 3.67. The van der Waals surface area contributed by atoms with E-state index < -0.39 is 0 Å². The van der Waals surface area contributed by atoms with E-state index in [4.69, 9.17) is 0 Å². The predicted octanol–water partition coefficient (Wildman–Crippen LogP) is 2.50. The smallest absolute Gasteiger partial charge is 0.178 e. The molecule has 80 valence electrons. The average Bonchev–Trinajstić information content (AvgIpc) is 2.30. The van der Waals surface area contributed by atoms with Crippen LogP contribution >= 0.6 is 23.5 Å². The molecule has 4 heteroatoms. The van der Waals surface area contributed by atoms with Gasteiger partial charge in [0.2, 0.25) is 0 Å². The molecule has 0 radical (unpaired) electrons. The molecule has 2 unspecified atom stereocenters. The van der Waals surface area contributed by atoms with Crippen molar-refractivity contribution in [1.82, 2.24) is 4.98 Å². The summed E-state index contributed by atoms with van der Waals surface area (Å²) in [5, 5.41) is 0.518. The van der Waals surface area contributed by atoms with E-state index in [1.165, 1.54) is 0 Å². The maximum Gasteiger partial charge on any atom is 0.178 e. The lowest BCUT2D eigenvalue weighted by Gasteiger charge is -2.26. The number of pyridine rings is 1. The first-order valence-corrected chi connectivity index (χ1v) is 7.06. The number of aromatic nitrogens is 1. The Morgan fingerprint density at radius 3 is 2.93 bits per heavy atom. The quantitative estimate of drug-likeness (QED) is 0.742. The molecule has 15 heavy (non-hydrogen) atoms. The predicted molar refractivity (Wildman–Crippen MR) is 66.7 cm³/mol. The molecule has 2 heterocycles. The Balaban J connectivity index is 2.13. The Morgan fingerprint density at radius 1 is 1.47 bits per heavy atom. The zero-order valence-corrected chi connectivity index (χ0v) is 10.2. The van der Waals surface area contributed by atoms with E-state index in [1.807, 2.05) is 23.9 Å². The van der Waals surface area contributed by atoms with E-state index in [1.54, 1.807) is 24.2 Å². The third kappa shape index (κ3) is 2.55. The summed E-state index contributed by atoms with van der Waals surface area (Å²) in [7, 11) is 0. The van der Waals surface area contributed by atoms with Gasteiger partial charge in [0.05, 0.1) is 5.25 Å². The van der Waals surface area contributed by atoms with Gasteiger partial charge in [-0.2, -0.15) is 11.8 Å². The van der Waals surface area contributed by atoms with Crippen LogP contribution in [-0.2, 0) is 0 Å². The van der Waals surface area contributed by atoms with Crippen molar-refractivity contribution < 1.29 is 4.79 Å². The van der Waals surface area contributed by atoms with Crippen molar-refractivity contribution in [2.75, 3.05) is 11.5 Å². The third-order valence-electron chi connectivity index (χ3n) is 2.39. The first-order valence-electron chi connectivity index (χ1n) is 4.96. The van der Waals surface area contributed by atoms with E-state index in [2.05, 4.69) is 11.9 Å². The Labute approximate surface area is 98.2 Å². The molecule has 1 fully saturated rings. The minimum absolute atomic E-state index is 0.105. The summed E-state index contributed by atoms with van der Waals surface area (Å²) in [6.07, 6.45) is 3.36. The van der Waals surface area contributed by atoms with E-state index >= 15 is 0 Å². The first kappa shape index (κ1) is 11.0. The molecule has 0 spiro atoms. The monoisotopic (exact) mass is 239 g/mol. The summed E-state index contributed by atoms with van der Waals surface area (Å²) in [5.74, 6) is 2.46. The molecule has 2 atom stereocenters. The number of nitrogens with zero attached hydrogens (tertiary/aromatic N) is 1. The van der Waals surface area contributed by atoms with Crippen molar-refractivity contribution in [3.63, 3.8) is 0 Å². The number of carbonyl (C=O) groups is 1. The summed E-state index contributed by atoms with van der Waals surface area (Å²) >= 11 is 3.66. The van der Waals surface area contributed by atoms with Crippen LogP contribution in [0, 0.1) is 0 Å². The Kier molecular flexibility index (Phi) is 3.70. The number of hydrogen-bond donors (Lipinski definition) is 0. The van der Waals surface area contributed by atoms with E-state index in [0.29, 0.717) is 5.25 Å². The van der Waals surface area contributed by atoms with E-state index in [9.17, 15) is 4.79 Å². The normalized spacial score (nSPS) is 26.2. The fourth-order valence-corrected chi connectivity index (χ4v) is 4.32. The minimum atomic E-state index is 0.105. The topological polar surface area (TPSA) is 30.0 Å². The van der Waals surface area contributed by atoms with Gasteiger partial charge in [-0.3, -0.25) is 9.78 Å². The molecule has 1 saturated heterocycles. The van der Waals surface area contributed by atoms with Crippen molar-refractivity contribution in [3.05, 3.63) is 30.1 Å². The lowest BCUT2D eigenvalue weighted by Crippen LogP contribution is -2.31. The molecule has 0 N–H and O–H groups in total. The molecule has 1 aliphatic rings. The molecule has 1 aromatic heterocycles. The maximum atomic E-state index is 12.1. The van der Waals surface area contributed by atoms with Gasteiger partial charge >= 0.3 is 0 Å². The van der Waals surface area contributed by atoms with Crippen LogP contribution in [0.4, 0.5) is 0 Å². The molecule has 0 saturated carbocycles. The van der Waals surface area contributed by atoms with Crippen LogP contribution in [0.1, 0.15) is 17.3 Å². The molecular formula is C11H13NOS2. The standard InChI is InChI=1S/C11H13NOS2/c1-8-11(15-6-5-14-8)10(13)9-3-2-4-12-7-9/h2-4,7-8,11H,5-6H2,1H3. The van der Waals surface area contributed by atoms with Gasteiger partial charge in [0, 0.05) is 34.7 Å². The molecule has 1 aromatic rings. The van der Waals surface area contributed by atoms with Gasteiger partial charge in [-0.1, -0.05) is 6.92 Å². The number of hydrogen-bond acceptors (Lipinski definition) is 4. The van der Waals surface area contributed by atoms with E-state index in [0.717, 1.165) is 17.1 Å². The van der Waals surface area contributed by atoms with Crippen LogP contribution < -0.4 is 0 Å². The second kappa shape index (κ2) is 5.03. The lowest BCUT2D eigenvalue weighted by atomic mass is 10.1. The highest BCUT2D eigenvalue weighted by atomic mass is 32.2. The SMILES string of the molecule is CC1SCCSC1C(=O)c1cccnc1. The minimum Gasteiger partial charge on any atom is -0.293 e. The van der Waals surface area contributed by atoms with Crippen molar-refractivity contribution in [3.8, 4) is 0 Å². The van der Waals surface area contributed by atoms with Crippen LogP contribution in [0.3, 0.4) is 0 Å². The number of rotatable bonds is 2. The number of carbonyl (C=O) groups excluding carboxylic acids is 1. The number of Topliss-reactive ketones (excluding diaryl/α,β-unsaturated/α-hetero) is 1. The van der Waals surface area contributed by atoms with Gasteiger partial charge in [0.15, 0.2) is 5.78 Å². The first-order chi connectivity index (χ1) is 7.29. The molecule has 2 nitrogen and oxygen atoms in total. The van der Waals surface area contributed by atoms with Crippen molar-refractivity contribution in [1.29, 1.82) is 0 Å². The van der Waals surface area contributed by atoms with Crippen molar-refractivity contribution in [2.45, 2.75) is 17.4 Å². The molecular weight excluding hydrogens is 226 g/mol. The highest BCUT2D eigenvalue weighted by molar-refractivity contribution is 8.07. The maximum absolute atomic E-state index is 12.1. The van der Waals surface area contributed by atoms with Crippen LogP contribution in [-0.4, -0.2) is 32.8 Å². The lowest BCUT2D eigenvalue weighted by molar-refractivity contribution is 0.0989. The Morgan fingerprint density at radius 2 is 2.27 bits per heavy atom. The summed E-state index contributed by atoms with van der Waals surface area (Å²) in [5.41, 5.74) is 0.740. The Bertz CT molecular complexity index is 342.